The molecule has 1 aromatic carbocycles. The standard InChI is InChI=1S/C24H34N2O/c27-24-14-19-10-6-7-11-22(19)26(24)23-15-21-13-12-20(23)17-25(21)16-18-8-4-2-1-3-5-9-18/h6-7,10-11,18,20-21,23H,1-5,8-9,12-17H2. The van der Waals surface area contributed by atoms with Crippen molar-refractivity contribution in [3.8, 4) is 0 Å². The molecule has 0 aromatic heterocycles. The third-order valence-corrected chi connectivity index (χ3v) is 7.82. The Kier molecular flexibility index (Phi) is 4.98. The number of benzene rings is 1. The molecule has 1 amide bonds. The van der Waals surface area contributed by atoms with Crippen LogP contribution in [0.4, 0.5) is 5.69 Å². The highest BCUT2D eigenvalue weighted by Gasteiger charge is 2.46. The van der Waals surface area contributed by atoms with E-state index in [0.29, 0.717) is 30.3 Å². The summed E-state index contributed by atoms with van der Waals surface area (Å²) in [6.45, 7) is 2.54. The maximum absolute atomic E-state index is 12.8. The Morgan fingerprint density at radius 3 is 2.48 bits per heavy atom. The van der Waals surface area contributed by atoms with Crippen LogP contribution in [0.25, 0.3) is 0 Å². The molecule has 5 aliphatic rings. The topological polar surface area (TPSA) is 23.6 Å². The van der Waals surface area contributed by atoms with E-state index in [4.69, 9.17) is 0 Å². The maximum Gasteiger partial charge on any atom is 0.231 e. The number of amides is 1. The average Bonchev–Trinajstić information content (AvgIpc) is 3.00. The number of carbonyl (C=O) groups is 1. The van der Waals surface area contributed by atoms with Gasteiger partial charge in [-0.15, -0.1) is 0 Å². The molecule has 0 N–H and O–H groups in total. The number of fused-ring (bicyclic) bond motifs is 4. The molecule has 2 aliphatic carbocycles. The summed E-state index contributed by atoms with van der Waals surface area (Å²) in [5, 5.41) is 0. The van der Waals surface area contributed by atoms with Gasteiger partial charge in [-0.25, -0.2) is 0 Å². The highest BCUT2D eigenvalue weighted by molar-refractivity contribution is 6.02. The summed E-state index contributed by atoms with van der Waals surface area (Å²) in [5.74, 6) is 1.91. The lowest BCUT2D eigenvalue weighted by atomic mass is 9.74. The van der Waals surface area contributed by atoms with Gasteiger partial charge in [0.05, 0.1) is 6.42 Å². The zero-order valence-corrected chi connectivity index (χ0v) is 16.6. The van der Waals surface area contributed by atoms with Crippen LogP contribution in [0.2, 0.25) is 0 Å². The molecule has 0 radical (unpaired) electrons. The molecule has 146 valence electrons. The molecule has 4 fully saturated rings. The number of hydrogen-bond acceptors (Lipinski definition) is 2. The predicted octanol–water partition coefficient (Wildman–Crippen LogP) is 4.79. The van der Waals surface area contributed by atoms with E-state index in [-0.39, 0.29) is 0 Å². The van der Waals surface area contributed by atoms with E-state index in [9.17, 15) is 4.79 Å². The number of carbonyl (C=O) groups excluding carboxylic acids is 1. The van der Waals surface area contributed by atoms with Gasteiger partial charge in [0.2, 0.25) is 5.91 Å². The van der Waals surface area contributed by atoms with Gasteiger partial charge in [0.25, 0.3) is 0 Å². The SMILES string of the molecule is O=C1Cc2ccccc2N1C1CC2CCC1CN2CC1CCCCCCC1. The molecule has 2 saturated carbocycles. The van der Waals surface area contributed by atoms with Crippen molar-refractivity contribution in [2.24, 2.45) is 11.8 Å². The van der Waals surface area contributed by atoms with E-state index in [1.54, 1.807) is 0 Å². The van der Waals surface area contributed by atoms with E-state index in [2.05, 4.69) is 34.1 Å². The van der Waals surface area contributed by atoms with Crippen LogP contribution in [0.15, 0.2) is 24.3 Å². The molecule has 3 heterocycles. The first-order valence-corrected chi connectivity index (χ1v) is 11.4. The number of nitrogens with zero attached hydrogens (tertiary/aromatic N) is 2. The van der Waals surface area contributed by atoms with Gasteiger partial charge < -0.3 is 4.90 Å². The second-order valence-electron chi connectivity index (χ2n) is 9.53. The van der Waals surface area contributed by atoms with Crippen LogP contribution in [0.5, 0.6) is 0 Å². The Hall–Kier alpha value is -1.35. The maximum atomic E-state index is 12.8. The molecule has 0 spiro atoms. The molecule has 3 nitrogen and oxygen atoms in total. The smallest absolute Gasteiger partial charge is 0.231 e. The van der Waals surface area contributed by atoms with Crippen LogP contribution in [0.3, 0.4) is 0 Å². The van der Waals surface area contributed by atoms with Crippen molar-refractivity contribution in [2.45, 2.75) is 82.7 Å². The highest BCUT2D eigenvalue weighted by Crippen LogP contribution is 2.43. The van der Waals surface area contributed by atoms with E-state index < -0.39 is 0 Å². The van der Waals surface area contributed by atoms with Crippen molar-refractivity contribution in [1.29, 1.82) is 0 Å². The third-order valence-electron chi connectivity index (χ3n) is 7.82. The minimum atomic E-state index is 0.334. The van der Waals surface area contributed by atoms with Gasteiger partial charge in [0.1, 0.15) is 0 Å². The molecule has 6 rings (SSSR count). The van der Waals surface area contributed by atoms with Crippen LogP contribution in [-0.2, 0) is 11.2 Å². The van der Waals surface area contributed by atoms with Gasteiger partial charge in [-0.1, -0.05) is 50.3 Å². The Balaban J connectivity index is 1.27. The zero-order valence-electron chi connectivity index (χ0n) is 16.6. The molecular weight excluding hydrogens is 332 g/mol. The van der Waals surface area contributed by atoms with Crippen molar-refractivity contribution in [3.05, 3.63) is 29.8 Å². The van der Waals surface area contributed by atoms with Gasteiger partial charge in [0.15, 0.2) is 0 Å². The van der Waals surface area contributed by atoms with E-state index in [1.807, 2.05) is 0 Å². The van der Waals surface area contributed by atoms with Gasteiger partial charge in [-0.3, -0.25) is 9.69 Å². The summed E-state index contributed by atoms with van der Waals surface area (Å²) in [7, 11) is 0. The molecule has 3 atom stereocenters. The lowest BCUT2D eigenvalue weighted by Crippen LogP contribution is -2.60. The Bertz CT molecular complexity index is 679. The van der Waals surface area contributed by atoms with Crippen LogP contribution in [-0.4, -0.2) is 36.0 Å². The summed E-state index contributed by atoms with van der Waals surface area (Å²) in [6.07, 6.45) is 14.6. The van der Waals surface area contributed by atoms with E-state index in [0.717, 1.165) is 5.92 Å². The first kappa shape index (κ1) is 17.7. The monoisotopic (exact) mass is 366 g/mol. The lowest BCUT2D eigenvalue weighted by Gasteiger charge is -2.52. The van der Waals surface area contributed by atoms with Crippen molar-refractivity contribution in [3.63, 3.8) is 0 Å². The summed E-state index contributed by atoms with van der Waals surface area (Å²) >= 11 is 0. The van der Waals surface area contributed by atoms with Gasteiger partial charge in [0, 0.05) is 30.9 Å². The summed E-state index contributed by atoms with van der Waals surface area (Å²) in [6, 6.07) is 9.59. The second-order valence-corrected chi connectivity index (χ2v) is 9.53. The second kappa shape index (κ2) is 7.58. The number of rotatable bonds is 3. The molecular formula is C24H34N2O. The lowest BCUT2D eigenvalue weighted by molar-refractivity contribution is -0.118. The van der Waals surface area contributed by atoms with Crippen molar-refractivity contribution in [1.82, 2.24) is 4.90 Å². The fourth-order valence-corrected chi connectivity index (χ4v) is 6.42. The van der Waals surface area contributed by atoms with E-state index >= 15 is 0 Å². The largest absolute Gasteiger partial charge is 0.308 e. The number of para-hydroxylation sites is 1. The molecule has 3 aliphatic heterocycles. The zero-order chi connectivity index (χ0) is 18.2. The highest BCUT2D eigenvalue weighted by atomic mass is 16.2. The summed E-state index contributed by atoms with van der Waals surface area (Å²) in [4.78, 5) is 17.8. The molecule has 27 heavy (non-hydrogen) atoms. The van der Waals surface area contributed by atoms with Crippen LogP contribution < -0.4 is 4.90 Å². The van der Waals surface area contributed by atoms with Gasteiger partial charge >= 0.3 is 0 Å². The summed E-state index contributed by atoms with van der Waals surface area (Å²) < 4.78 is 0. The number of anilines is 1. The third kappa shape index (κ3) is 3.44. The first-order valence-electron chi connectivity index (χ1n) is 11.4. The average molecular weight is 367 g/mol. The van der Waals surface area contributed by atoms with Crippen molar-refractivity contribution >= 4 is 11.6 Å². The molecule has 3 unspecified atom stereocenters. The fraction of sp³-hybridized carbons (Fsp3) is 0.708. The van der Waals surface area contributed by atoms with Crippen LogP contribution in [0.1, 0.15) is 69.8 Å². The van der Waals surface area contributed by atoms with E-state index in [1.165, 1.54) is 88.5 Å². The van der Waals surface area contributed by atoms with Gasteiger partial charge in [-0.2, -0.15) is 0 Å². The van der Waals surface area contributed by atoms with Gasteiger partial charge in [-0.05, 0) is 55.6 Å². The summed E-state index contributed by atoms with van der Waals surface area (Å²) in [5.41, 5.74) is 2.43. The van der Waals surface area contributed by atoms with Crippen LogP contribution in [0, 0.1) is 11.8 Å². The normalized spacial score (nSPS) is 32.4. The minimum Gasteiger partial charge on any atom is -0.308 e. The first-order chi connectivity index (χ1) is 13.3. The fourth-order valence-electron chi connectivity index (χ4n) is 6.42. The quantitative estimate of drug-likeness (QED) is 0.768. The van der Waals surface area contributed by atoms with Crippen LogP contribution >= 0.6 is 0 Å². The molecule has 2 bridgehead atoms. The molecule has 3 heteroatoms. The number of hydrogen-bond donors (Lipinski definition) is 0. The Morgan fingerprint density at radius 1 is 0.926 bits per heavy atom. The Labute approximate surface area is 164 Å². The van der Waals surface area contributed by atoms with Crippen molar-refractivity contribution in [2.75, 3.05) is 18.0 Å². The number of piperidine rings is 2. The minimum absolute atomic E-state index is 0.334. The molecule has 2 saturated heterocycles. The van der Waals surface area contributed by atoms with Crippen molar-refractivity contribution < 1.29 is 4.79 Å². The predicted molar refractivity (Wildman–Crippen MR) is 110 cm³/mol. The molecule has 1 aromatic rings. The Morgan fingerprint density at radius 2 is 1.70 bits per heavy atom.